The van der Waals surface area contributed by atoms with Crippen LogP contribution < -0.4 is 4.74 Å². The average molecular weight is 359 g/mol. The largest absolute Gasteiger partial charge is 0.477 e. The summed E-state index contributed by atoms with van der Waals surface area (Å²) in [5, 5.41) is 0. The van der Waals surface area contributed by atoms with Crippen molar-refractivity contribution < 1.29 is 13.2 Å². The van der Waals surface area contributed by atoms with Crippen molar-refractivity contribution in [1.82, 2.24) is 14.3 Å². The monoisotopic (exact) mass is 359 g/mol. The Morgan fingerprint density at radius 1 is 1.24 bits per heavy atom. The predicted molar refractivity (Wildman–Crippen MR) is 92.5 cm³/mol. The average Bonchev–Trinajstić information content (AvgIpc) is 3.19. The third kappa shape index (κ3) is 3.02. The molecule has 4 rings (SSSR count). The first-order chi connectivity index (χ1) is 12.1. The van der Waals surface area contributed by atoms with Crippen LogP contribution >= 0.6 is 0 Å². The van der Waals surface area contributed by atoms with E-state index >= 15 is 0 Å². The zero-order chi connectivity index (χ0) is 17.3. The van der Waals surface area contributed by atoms with Crippen LogP contribution in [0.15, 0.2) is 53.8 Å². The second kappa shape index (κ2) is 6.38. The lowest BCUT2D eigenvalue weighted by atomic mass is 9.82. The highest BCUT2D eigenvalue weighted by atomic mass is 32.2. The Kier molecular flexibility index (Phi) is 4.21. The summed E-state index contributed by atoms with van der Waals surface area (Å²) in [6, 6.07) is 8.83. The molecule has 1 aliphatic heterocycles. The molecule has 3 heterocycles. The Hall–Kier alpha value is -1.99. The van der Waals surface area contributed by atoms with Crippen molar-refractivity contribution >= 4 is 10.0 Å². The minimum Gasteiger partial charge on any atom is -0.477 e. The van der Waals surface area contributed by atoms with Crippen LogP contribution in [0.25, 0.3) is 0 Å². The quantitative estimate of drug-likeness (QED) is 0.819. The summed E-state index contributed by atoms with van der Waals surface area (Å²) in [5.41, 5.74) is -0.118. The minimum absolute atomic E-state index is 0.118. The Morgan fingerprint density at radius 3 is 2.92 bits per heavy atom. The molecule has 7 heteroatoms. The molecular weight excluding hydrogens is 338 g/mol. The topological polar surface area (TPSA) is 72.4 Å². The number of hydrogen-bond acceptors (Lipinski definition) is 5. The van der Waals surface area contributed by atoms with Gasteiger partial charge in [0.25, 0.3) is 0 Å². The lowest BCUT2D eigenvalue weighted by Gasteiger charge is -2.28. The van der Waals surface area contributed by atoms with Gasteiger partial charge in [-0.25, -0.2) is 13.4 Å². The highest BCUT2D eigenvalue weighted by molar-refractivity contribution is 7.89. The van der Waals surface area contributed by atoms with Gasteiger partial charge in [-0.1, -0.05) is 12.5 Å². The third-order valence-corrected chi connectivity index (χ3v) is 7.22. The van der Waals surface area contributed by atoms with Crippen LogP contribution in [0.5, 0.6) is 5.88 Å². The molecule has 1 aliphatic carbocycles. The third-order valence-electron chi connectivity index (χ3n) is 5.43. The van der Waals surface area contributed by atoms with E-state index in [2.05, 4.69) is 9.97 Å². The van der Waals surface area contributed by atoms with E-state index in [9.17, 15) is 8.42 Å². The van der Waals surface area contributed by atoms with Crippen molar-refractivity contribution in [3.8, 4) is 5.88 Å². The smallest absolute Gasteiger partial charge is 0.244 e. The van der Waals surface area contributed by atoms with Gasteiger partial charge in [-0.3, -0.25) is 4.98 Å². The van der Waals surface area contributed by atoms with Gasteiger partial charge in [-0.05, 0) is 37.0 Å². The van der Waals surface area contributed by atoms with Crippen LogP contribution in [0, 0.1) is 11.3 Å². The molecule has 6 nitrogen and oxygen atoms in total. The van der Waals surface area contributed by atoms with Crippen LogP contribution in [-0.4, -0.2) is 42.4 Å². The summed E-state index contributed by atoms with van der Waals surface area (Å²) in [5.74, 6) is 0.929. The van der Waals surface area contributed by atoms with Gasteiger partial charge >= 0.3 is 0 Å². The highest BCUT2D eigenvalue weighted by Crippen LogP contribution is 2.50. The fourth-order valence-corrected chi connectivity index (χ4v) is 5.63. The first-order valence-electron chi connectivity index (χ1n) is 8.54. The molecule has 0 radical (unpaired) electrons. The maximum Gasteiger partial charge on any atom is 0.244 e. The summed E-state index contributed by atoms with van der Waals surface area (Å²) in [7, 11) is -3.50. The molecule has 1 saturated carbocycles. The second-order valence-electron chi connectivity index (χ2n) is 6.89. The van der Waals surface area contributed by atoms with E-state index in [0.29, 0.717) is 31.5 Å². The first kappa shape index (κ1) is 16.5. The summed E-state index contributed by atoms with van der Waals surface area (Å²) in [6.45, 7) is 1.57. The van der Waals surface area contributed by atoms with Crippen molar-refractivity contribution in [2.75, 3.05) is 19.7 Å². The molecule has 1 saturated heterocycles. The number of aromatic nitrogens is 2. The first-order valence-corrected chi connectivity index (χ1v) is 9.98. The van der Waals surface area contributed by atoms with Crippen LogP contribution in [0.3, 0.4) is 0 Å². The molecular formula is C18H21N3O3S. The number of fused-ring (bicyclic) bond motifs is 1. The SMILES string of the molecule is O=S(=O)(c1cccnc1)N1C[C@H]2CCC[C@@]2(COc2ccccn2)C1. The van der Waals surface area contributed by atoms with Crippen molar-refractivity contribution in [2.24, 2.45) is 11.3 Å². The molecule has 2 aromatic rings. The van der Waals surface area contributed by atoms with Crippen molar-refractivity contribution in [3.05, 3.63) is 48.9 Å². The number of hydrogen-bond donors (Lipinski definition) is 0. The molecule has 0 bridgehead atoms. The normalized spacial score (nSPS) is 26.5. The van der Waals surface area contributed by atoms with E-state index in [1.54, 1.807) is 28.8 Å². The van der Waals surface area contributed by atoms with E-state index < -0.39 is 10.0 Å². The molecule has 2 fully saturated rings. The molecule has 2 aromatic heterocycles. The van der Waals surface area contributed by atoms with Gasteiger partial charge in [0, 0.05) is 43.2 Å². The number of sulfonamides is 1. The minimum atomic E-state index is -3.50. The molecule has 0 unspecified atom stereocenters. The summed E-state index contributed by atoms with van der Waals surface area (Å²) >= 11 is 0. The fourth-order valence-electron chi connectivity index (χ4n) is 4.08. The number of pyridine rings is 2. The maximum atomic E-state index is 12.9. The van der Waals surface area contributed by atoms with Gasteiger partial charge in [0.2, 0.25) is 15.9 Å². The van der Waals surface area contributed by atoms with Crippen LogP contribution in [0.4, 0.5) is 0 Å². The number of rotatable bonds is 5. The van der Waals surface area contributed by atoms with Gasteiger partial charge in [0.1, 0.15) is 4.90 Å². The van der Waals surface area contributed by atoms with E-state index in [-0.39, 0.29) is 10.3 Å². The van der Waals surface area contributed by atoms with Crippen molar-refractivity contribution in [1.29, 1.82) is 0 Å². The van der Waals surface area contributed by atoms with Gasteiger partial charge in [0.05, 0.1) is 6.61 Å². The zero-order valence-electron chi connectivity index (χ0n) is 13.9. The fraction of sp³-hybridized carbons (Fsp3) is 0.444. The van der Waals surface area contributed by atoms with E-state index in [1.165, 1.54) is 6.20 Å². The summed E-state index contributed by atoms with van der Waals surface area (Å²) in [4.78, 5) is 8.41. The summed E-state index contributed by atoms with van der Waals surface area (Å²) in [6.07, 6.45) is 7.86. The lowest BCUT2D eigenvalue weighted by molar-refractivity contribution is 0.130. The Bertz CT molecular complexity index is 829. The molecule has 2 atom stereocenters. The van der Waals surface area contributed by atoms with E-state index in [0.717, 1.165) is 19.3 Å². The van der Waals surface area contributed by atoms with E-state index in [4.69, 9.17) is 4.74 Å². The Morgan fingerprint density at radius 2 is 2.16 bits per heavy atom. The van der Waals surface area contributed by atoms with Gasteiger partial charge in [-0.15, -0.1) is 0 Å². The number of ether oxygens (including phenoxy) is 1. The maximum absolute atomic E-state index is 12.9. The zero-order valence-corrected chi connectivity index (χ0v) is 14.7. The second-order valence-corrected chi connectivity index (χ2v) is 8.83. The van der Waals surface area contributed by atoms with Crippen molar-refractivity contribution in [2.45, 2.75) is 24.2 Å². The molecule has 0 N–H and O–H groups in total. The lowest BCUT2D eigenvalue weighted by Crippen LogP contribution is -2.35. The van der Waals surface area contributed by atoms with Gasteiger partial charge < -0.3 is 4.74 Å². The molecule has 2 aliphatic rings. The van der Waals surface area contributed by atoms with Crippen LogP contribution in [0.2, 0.25) is 0 Å². The van der Waals surface area contributed by atoms with Crippen molar-refractivity contribution in [3.63, 3.8) is 0 Å². The predicted octanol–water partition coefficient (Wildman–Crippen LogP) is 2.35. The van der Waals surface area contributed by atoms with Gasteiger partial charge in [-0.2, -0.15) is 4.31 Å². The molecule has 0 aromatic carbocycles. The molecule has 0 amide bonds. The van der Waals surface area contributed by atoms with E-state index in [1.807, 2.05) is 18.2 Å². The molecule has 25 heavy (non-hydrogen) atoms. The molecule has 132 valence electrons. The molecule has 0 spiro atoms. The Labute approximate surface area is 147 Å². The Balaban J connectivity index is 1.54. The number of nitrogens with zero attached hydrogens (tertiary/aromatic N) is 3. The standard InChI is InChI=1S/C18H21N3O3S/c22-25(23,16-6-4-9-19-11-16)21-12-15-5-3-8-18(15,13-21)14-24-17-7-1-2-10-20-17/h1-2,4,6-7,9-11,15H,3,5,8,12-14H2/t15-,18+/m1/s1. The summed E-state index contributed by atoms with van der Waals surface area (Å²) < 4.78 is 33.4. The van der Waals surface area contributed by atoms with Crippen LogP contribution in [-0.2, 0) is 10.0 Å². The van der Waals surface area contributed by atoms with Crippen LogP contribution in [0.1, 0.15) is 19.3 Å². The highest BCUT2D eigenvalue weighted by Gasteiger charge is 2.53. The van der Waals surface area contributed by atoms with Gasteiger partial charge in [0.15, 0.2) is 0 Å².